The van der Waals surface area contributed by atoms with Gasteiger partial charge in [-0.1, -0.05) is 34.8 Å². The lowest BCUT2D eigenvalue weighted by atomic mass is 10.1. The fourth-order valence-corrected chi connectivity index (χ4v) is 5.62. The van der Waals surface area contributed by atoms with Gasteiger partial charge < -0.3 is 14.7 Å². The van der Waals surface area contributed by atoms with E-state index in [0.717, 1.165) is 25.9 Å². The van der Waals surface area contributed by atoms with Crippen molar-refractivity contribution in [2.75, 3.05) is 26.2 Å². The maximum atomic E-state index is 12.5. The Balaban J connectivity index is 1.45. The molecule has 0 unspecified atom stereocenters. The molecule has 2 heterocycles. The standard InChI is InChI=1S/C19H25Cl3N4O4S/c1-12-18(19(22)25(2)24-12)31(28,29)23-10-13(27)11-26-7-5-14(6-8-26)30-15-3-4-16(20)17(21)9-15/h3-4,9,13-14,23,27H,5-8,10-11H2,1-2H3/t13-/m1/s1. The number of β-amino-alcohol motifs (C(OH)–C–C–N with tert-alkyl or cyclic N) is 1. The van der Waals surface area contributed by atoms with Gasteiger partial charge in [0, 0.05) is 39.3 Å². The molecule has 1 saturated heterocycles. The van der Waals surface area contributed by atoms with Crippen molar-refractivity contribution in [1.29, 1.82) is 0 Å². The minimum Gasteiger partial charge on any atom is -0.490 e. The predicted octanol–water partition coefficient (Wildman–Crippen LogP) is 2.87. The van der Waals surface area contributed by atoms with Crippen LogP contribution in [-0.2, 0) is 17.1 Å². The van der Waals surface area contributed by atoms with Gasteiger partial charge in [-0.05, 0) is 31.9 Å². The minimum absolute atomic E-state index is 0.0311. The molecule has 0 radical (unpaired) electrons. The SMILES string of the molecule is Cc1nn(C)c(Cl)c1S(=O)(=O)NC[C@@H](O)CN1CCC(Oc2ccc(Cl)c(Cl)c2)CC1. The van der Waals surface area contributed by atoms with E-state index in [-0.39, 0.29) is 22.7 Å². The summed E-state index contributed by atoms with van der Waals surface area (Å²) in [5.74, 6) is 0.673. The van der Waals surface area contributed by atoms with Crippen molar-refractivity contribution in [2.45, 2.75) is 36.9 Å². The van der Waals surface area contributed by atoms with Gasteiger partial charge in [0.15, 0.2) is 0 Å². The van der Waals surface area contributed by atoms with Crippen LogP contribution >= 0.6 is 34.8 Å². The van der Waals surface area contributed by atoms with Gasteiger partial charge in [0.2, 0.25) is 10.0 Å². The molecule has 0 amide bonds. The second kappa shape index (κ2) is 10.2. The Hall–Kier alpha value is -1.07. The van der Waals surface area contributed by atoms with E-state index in [1.165, 1.54) is 4.68 Å². The number of aryl methyl sites for hydroxylation is 2. The molecule has 12 heteroatoms. The molecule has 0 saturated carbocycles. The van der Waals surface area contributed by atoms with Crippen LogP contribution < -0.4 is 9.46 Å². The molecule has 0 aliphatic carbocycles. The van der Waals surface area contributed by atoms with Crippen molar-refractivity contribution >= 4 is 44.8 Å². The predicted molar refractivity (Wildman–Crippen MR) is 121 cm³/mol. The van der Waals surface area contributed by atoms with Crippen molar-refractivity contribution in [3.63, 3.8) is 0 Å². The normalized spacial score (nSPS) is 17.1. The van der Waals surface area contributed by atoms with E-state index in [1.807, 2.05) is 0 Å². The van der Waals surface area contributed by atoms with Crippen LogP contribution in [0.5, 0.6) is 5.75 Å². The van der Waals surface area contributed by atoms with E-state index in [4.69, 9.17) is 39.5 Å². The summed E-state index contributed by atoms with van der Waals surface area (Å²) in [4.78, 5) is 2.01. The van der Waals surface area contributed by atoms with Crippen LogP contribution in [0.1, 0.15) is 18.5 Å². The summed E-state index contributed by atoms with van der Waals surface area (Å²) in [6.07, 6.45) is 0.740. The highest BCUT2D eigenvalue weighted by molar-refractivity contribution is 7.89. The van der Waals surface area contributed by atoms with Crippen LogP contribution in [0.3, 0.4) is 0 Å². The van der Waals surface area contributed by atoms with Crippen LogP contribution in [0.15, 0.2) is 23.1 Å². The summed E-state index contributed by atoms with van der Waals surface area (Å²) in [7, 11) is -2.30. The molecule has 0 bridgehead atoms. The third kappa shape index (κ3) is 6.25. The molecule has 2 N–H and O–H groups in total. The van der Waals surface area contributed by atoms with Gasteiger partial charge in [-0.3, -0.25) is 4.68 Å². The van der Waals surface area contributed by atoms with Gasteiger partial charge in [-0.25, -0.2) is 13.1 Å². The van der Waals surface area contributed by atoms with E-state index in [9.17, 15) is 13.5 Å². The van der Waals surface area contributed by atoms with Crippen LogP contribution in [0.4, 0.5) is 0 Å². The number of benzene rings is 1. The zero-order chi connectivity index (χ0) is 22.8. The van der Waals surface area contributed by atoms with Gasteiger partial charge >= 0.3 is 0 Å². The number of hydrogen-bond acceptors (Lipinski definition) is 6. The number of aromatic nitrogens is 2. The third-order valence-electron chi connectivity index (χ3n) is 5.08. The number of sulfonamides is 1. The molecule has 31 heavy (non-hydrogen) atoms. The second-order valence-electron chi connectivity index (χ2n) is 7.53. The van der Waals surface area contributed by atoms with E-state index in [0.29, 0.717) is 28.0 Å². The summed E-state index contributed by atoms with van der Waals surface area (Å²) in [6.45, 7) is 3.25. The summed E-state index contributed by atoms with van der Waals surface area (Å²) < 4.78 is 34.8. The Morgan fingerprint density at radius 1 is 1.26 bits per heavy atom. The quantitative estimate of drug-likeness (QED) is 0.566. The van der Waals surface area contributed by atoms with Crippen LogP contribution in [0.25, 0.3) is 0 Å². The number of piperidine rings is 1. The molecule has 2 aromatic rings. The van der Waals surface area contributed by atoms with Crippen molar-refractivity contribution in [3.8, 4) is 5.75 Å². The van der Waals surface area contributed by atoms with Crippen LogP contribution in [0, 0.1) is 6.92 Å². The van der Waals surface area contributed by atoms with E-state index in [1.54, 1.807) is 32.2 Å². The fourth-order valence-electron chi connectivity index (χ4n) is 3.51. The lowest BCUT2D eigenvalue weighted by Gasteiger charge is -2.33. The molecular formula is C19H25Cl3N4O4S. The second-order valence-corrected chi connectivity index (χ2v) is 10.4. The molecule has 1 fully saturated rings. The minimum atomic E-state index is -3.87. The summed E-state index contributed by atoms with van der Waals surface area (Å²) in [5.41, 5.74) is 0.304. The molecule has 1 aliphatic rings. The Kier molecular flexibility index (Phi) is 8.12. The maximum absolute atomic E-state index is 12.5. The van der Waals surface area contributed by atoms with Gasteiger partial charge in [0.25, 0.3) is 0 Å². The first kappa shape index (κ1) is 24.6. The number of nitrogens with zero attached hydrogens (tertiary/aromatic N) is 3. The fraction of sp³-hybridized carbons (Fsp3) is 0.526. The number of halogens is 3. The molecule has 1 aromatic heterocycles. The lowest BCUT2D eigenvalue weighted by molar-refractivity contribution is 0.0630. The number of aliphatic hydroxyl groups excluding tert-OH is 1. The molecule has 172 valence electrons. The highest BCUT2D eigenvalue weighted by atomic mass is 35.5. The Labute approximate surface area is 197 Å². The Bertz CT molecular complexity index is 1020. The monoisotopic (exact) mass is 510 g/mol. The summed E-state index contributed by atoms with van der Waals surface area (Å²) in [6, 6.07) is 5.18. The zero-order valence-electron chi connectivity index (χ0n) is 17.2. The van der Waals surface area contributed by atoms with Crippen LogP contribution in [0.2, 0.25) is 15.2 Å². The summed E-state index contributed by atoms with van der Waals surface area (Å²) in [5, 5.41) is 15.3. The number of hydrogen-bond donors (Lipinski definition) is 2. The number of ether oxygens (including phenoxy) is 1. The van der Waals surface area contributed by atoms with E-state index < -0.39 is 16.1 Å². The molecular weight excluding hydrogens is 487 g/mol. The van der Waals surface area contributed by atoms with E-state index >= 15 is 0 Å². The Morgan fingerprint density at radius 3 is 2.52 bits per heavy atom. The zero-order valence-corrected chi connectivity index (χ0v) is 20.3. The Morgan fingerprint density at radius 2 is 1.94 bits per heavy atom. The molecule has 1 atom stereocenters. The molecule has 8 nitrogen and oxygen atoms in total. The smallest absolute Gasteiger partial charge is 0.245 e. The van der Waals surface area contributed by atoms with Gasteiger partial charge in [0.1, 0.15) is 21.9 Å². The highest BCUT2D eigenvalue weighted by Crippen LogP contribution is 2.28. The number of likely N-dealkylation sites (tertiary alicyclic amines) is 1. The van der Waals surface area contributed by atoms with Gasteiger partial charge in [0.05, 0.1) is 21.8 Å². The number of aliphatic hydroxyl groups is 1. The van der Waals surface area contributed by atoms with Crippen LogP contribution in [-0.4, -0.2) is 66.6 Å². The first-order chi connectivity index (χ1) is 14.6. The summed E-state index contributed by atoms with van der Waals surface area (Å²) >= 11 is 18.0. The topological polar surface area (TPSA) is 96.7 Å². The number of rotatable bonds is 8. The average Bonchev–Trinajstić information content (AvgIpc) is 2.97. The van der Waals surface area contributed by atoms with Crippen molar-refractivity contribution < 1.29 is 18.3 Å². The first-order valence-electron chi connectivity index (χ1n) is 9.77. The van der Waals surface area contributed by atoms with Gasteiger partial charge in [-0.15, -0.1) is 0 Å². The largest absolute Gasteiger partial charge is 0.490 e. The molecule has 0 spiro atoms. The lowest BCUT2D eigenvalue weighted by Crippen LogP contribution is -2.45. The number of nitrogens with one attached hydrogen (secondary N) is 1. The van der Waals surface area contributed by atoms with Crippen molar-refractivity contribution in [2.24, 2.45) is 7.05 Å². The van der Waals surface area contributed by atoms with E-state index in [2.05, 4.69) is 14.7 Å². The van der Waals surface area contributed by atoms with Crippen molar-refractivity contribution in [3.05, 3.63) is 39.1 Å². The molecule has 1 aliphatic heterocycles. The van der Waals surface area contributed by atoms with Gasteiger partial charge in [-0.2, -0.15) is 5.10 Å². The first-order valence-corrected chi connectivity index (χ1v) is 12.4. The maximum Gasteiger partial charge on any atom is 0.245 e. The van der Waals surface area contributed by atoms with Crippen molar-refractivity contribution in [1.82, 2.24) is 19.4 Å². The third-order valence-corrected chi connectivity index (χ3v) is 7.93. The average molecular weight is 512 g/mol. The molecule has 3 rings (SSSR count). The highest BCUT2D eigenvalue weighted by Gasteiger charge is 2.27. The molecule has 1 aromatic carbocycles.